The quantitative estimate of drug-likeness (QED) is 0.516. The van der Waals surface area contributed by atoms with Gasteiger partial charge in [0.2, 0.25) is 0 Å². The minimum Gasteiger partial charge on any atom is -0.482 e. The van der Waals surface area contributed by atoms with Crippen LogP contribution in [0.1, 0.15) is 52.0 Å². The third-order valence-electron chi connectivity index (χ3n) is 5.15. The number of hydrogen-bond donors (Lipinski definition) is 1. The minimum atomic E-state index is -0.465. The molecule has 1 aromatic heterocycles. The van der Waals surface area contributed by atoms with Crippen molar-refractivity contribution in [3.63, 3.8) is 0 Å². The van der Waals surface area contributed by atoms with Gasteiger partial charge in [-0.05, 0) is 70.7 Å². The number of benzene rings is 1. The van der Waals surface area contributed by atoms with Crippen molar-refractivity contribution < 1.29 is 14.3 Å². The van der Waals surface area contributed by atoms with E-state index in [0.717, 1.165) is 36.6 Å². The van der Waals surface area contributed by atoms with Gasteiger partial charge in [0.15, 0.2) is 0 Å². The molecule has 0 aliphatic carbocycles. The molecule has 4 heteroatoms. The third kappa shape index (κ3) is 4.63. The lowest BCUT2D eigenvalue weighted by atomic mass is 9.94. The van der Waals surface area contributed by atoms with E-state index in [9.17, 15) is 4.79 Å². The predicted molar refractivity (Wildman–Crippen MR) is 114 cm³/mol. The Balaban J connectivity index is 1.69. The normalized spacial score (nSPS) is 19.6. The van der Waals surface area contributed by atoms with Crippen molar-refractivity contribution >= 4 is 17.0 Å². The van der Waals surface area contributed by atoms with Crippen LogP contribution >= 0.6 is 0 Å². The van der Waals surface area contributed by atoms with Crippen molar-refractivity contribution in [2.75, 3.05) is 6.61 Å². The summed E-state index contributed by atoms with van der Waals surface area (Å²) in [6, 6.07) is 7.47. The second-order valence-electron chi connectivity index (χ2n) is 7.71. The zero-order valence-corrected chi connectivity index (χ0v) is 16.8. The van der Waals surface area contributed by atoms with E-state index in [1.54, 1.807) is 6.07 Å². The highest BCUT2D eigenvalue weighted by molar-refractivity contribution is 5.87. The van der Waals surface area contributed by atoms with Gasteiger partial charge < -0.3 is 14.3 Å². The van der Waals surface area contributed by atoms with Crippen molar-refractivity contribution in [3.05, 3.63) is 69.6 Å². The molecule has 28 heavy (non-hydrogen) atoms. The molecule has 148 valence electrons. The van der Waals surface area contributed by atoms with Crippen LogP contribution < -0.4 is 10.4 Å². The zero-order valence-electron chi connectivity index (χ0n) is 16.8. The van der Waals surface area contributed by atoms with Crippen LogP contribution in [0.5, 0.6) is 5.75 Å². The topological polar surface area (TPSA) is 59.7 Å². The van der Waals surface area contributed by atoms with Gasteiger partial charge in [-0.1, -0.05) is 35.4 Å². The molecule has 0 amide bonds. The molecular weight excluding hydrogens is 352 g/mol. The van der Waals surface area contributed by atoms with Crippen LogP contribution in [0.3, 0.4) is 0 Å². The molecule has 0 saturated carbocycles. The van der Waals surface area contributed by atoms with Crippen molar-refractivity contribution in [1.82, 2.24) is 0 Å². The van der Waals surface area contributed by atoms with Crippen LogP contribution in [-0.2, 0) is 0 Å². The molecule has 0 radical (unpaired) electrons. The Morgan fingerprint density at radius 1 is 1.14 bits per heavy atom. The van der Waals surface area contributed by atoms with Gasteiger partial charge in [0.1, 0.15) is 22.5 Å². The maximum Gasteiger partial charge on any atom is 0.347 e. The molecule has 2 heterocycles. The highest BCUT2D eigenvalue weighted by Crippen LogP contribution is 2.37. The Labute approximate surface area is 165 Å². The van der Waals surface area contributed by atoms with Crippen LogP contribution in [0.2, 0.25) is 0 Å². The SMILES string of the molecule is CC(=CCCC(C)=CCC[C@]1(C)C=Cc2c(c3ccccc3oc2=O)O1)CO. The lowest BCUT2D eigenvalue weighted by Gasteiger charge is -2.31. The second kappa shape index (κ2) is 8.61. The third-order valence-corrected chi connectivity index (χ3v) is 5.15. The number of aliphatic hydroxyl groups is 1. The summed E-state index contributed by atoms with van der Waals surface area (Å²) in [5.74, 6) is 0.613. The van der Waals surface area contributed by atoms with Gasteiger partial charge in [-0.15, -0.1) is 0 Å². The summed E-state index contributed by atoms with van der Waals surface area (Å²) in [7, 11) is 0. The Morgan fingerprint density at radius 2 is 1.89 bits per heavy atom. The first-order valence-electron chi connectivity index (χ1n) is 9.78. The Morgan fingerprint density at radius 3 is 2.68 bits per heavy atom. The molecule has 2 aromatic rings. The van der Waals surface area contributed by atoms with E-state index in [4.69, 9.17) is 14.3 Å². The van der Waals surface area contributed by atoms with Gasteiger partial charge in [-0.25, -0.2) is 4.79 Å². The number of ether oxygens (including phenoxy) is 1. The summed E-state index contributed by atoms with van der Waals surface area (Å²) < 4.78 is 11.7. The lowest BCUT2D eigenvalue weighted by molar-refractivity contribution is 0.130. The first kappa shape index (κ1) is 20.2. The first-order chi connectivity index (χ1) is 13.4. The number of hydrogen-bond acceptors (Lipinski definition) is 4. The minimum absolute atomic E-state index is 0.124. The molecular formula is C24H28O4. The van der Waals surface area contributed by atoms with Crippen LogP contribution in [0, 0.1) is 0 Å². The number of allylic oxidation sites excluding steroid dienone is 3. The second-order valence-corrected chi connectivity index (χ2v) is 7.71. The molecule has 0 spiro atoms. The van der Waals surface area contributed by atoms with Gasteiger partial charge >= 0.3 is 5.63 Å². The van der Waals surface area contributed by atoms with E-state index in [1.807, 2.05) is 44.2 Å². The maximum absolute atomic E-state index is 12.2. The van der Waals surface area contributed by atoms with Gasteiger partial charge in [-0.2, -0.15) is 0 Å². The highest BCUT2D eigenvalue weighted by Gasteiger charge is 2.29. The average Bonchev–Trinajstić information content (AvgIpc) is 2.67. The summed E-state index contributed by atoms with van der Waals surface area (Å²) in [5, 5.41) is 9.86. The van der Waals surface area contributed by atoms with Crippen molar-refractivity contribution in [3.8, 4) is 5.75 Å². The molecule has 0 bridgehead atoms. The van der Waals surface area contributed by atoms with Crippen molar-refractivity contribution in [2.24, 2.45) is 0 Å². The fourth-order valence-corrected chi connectivity index (χ4v) is 3.37. The summed E-state index contributed by atoms with van der Waals surface area (Å²) in [6.07, 6.45) is 11.8. The van der Waals surface area contributed by atoms with Gasteiger partial charge in [0.25, 0.3) is 0 Å². The molecule has 1 aliphatic rings. The monoisotopic (exact) mass is 380 g/mol. The first-order valence-corrected chi connectivity index (χ1v) is 9.78. The van der Waals surface area contributed by atoms with E-state index in [-0.39, 0.29) is 12.2 Å². The van der Waals surface area contributed by atoms with Gasteiger partial charge in [0.05, 0.1) is 12.0 Å². The molecule has 0 saturated heterocycles. The van der Waals surface area contributed by atoms with Crippen molar-refractivity contribution in [2.45, 2.75) is 52.1 Å². The summed E-state index contributed by atoms with van der Waals surface area (Å²) in [6.45, 7) is 6.25. The Hall–Kier alpha value is -2.59. The Bertz CT molecular complexity index is 993. The molecule has 0 fully saturated rings. The Kier molecular flexibility index (Phi) is 6.20. The number of rotatable bonds is 7. The number of aliphatic hydroxyl groups excluding tert-OH is 1. The fraction of sp³-hybridized carbons (Fsp3) is 0.375. The molecule has 0 unspecified atom stereocenters. The molecule has 1 aliphatic heterocycles. The molecule has 4 nitrogen and oxygen atoms in total. The van der Waals surface area contributed by atoms with E-state index in [0.29, 0.717) is 16.9 Å². The summed E-state index contributed by atoms with van der Waals surface area (Å²) in [4.78, 5) is 12.2. The van der Waals surface area contributed by atoms with E-state index < -0.39 is 5.60 Å². The summed E-state index contributed by atoms with van der Waals surface area (Å²) in [5.41, 5.74) is 2.54. The van der Waals surface area contributed by atoms with Crippen LogP contribution in [0.25, 0.3) is 17.0 Å². The van der Waals surface area contributed by atoms with Gasteiger partial charge in [0, 0.05) is 0 Å². The standard InChI is InChI=1S/C24H28O4/c1-17(8-6-9-18(2)16-25)10-7-14-24(3)15-13-20-22(28-24)19-11-4-5-12-21(19)27-23(20)26/h4-5,9-13,15,25H,6-8,14,16H2,1-3H3/t24-/m1/s1. The highest BCUT2D eigenvalue weighted by atomic mass is 16.5. The molecule has 1 N–H and O–H groups in total. The largest absolute Gasteiger partial charge is 0.482 e. The molecule has 3 rings (SSSR count). The smallest absolute Gasteiger partial charge is 0.347 e. The predicted octanol–water partition coefficient (Wildman–Crippen LogP) is 5.40. The fourth-order valence-electron chi connectivity index (χ4n) is 3.37. The number of para-hydroxylation sites is 1. The van der Waals surface area contributed by atoms with Crippen LogP contribution in [-0.4, -0.2) is 17.3 Å². The molecule has 1 aromatic carbocycles. The number of fused-ring (bicyclic) bond motifs is 3. The maximum atomic E-state index is 12.2. The van der Waals surface area contributed by atoms with E-state index >= 15 is 0 Å². The van der Waals surface area contributed by atoms with E-state index in [2.05, 4.69) is 19.1 Å². The van der Waals surface area contributed by atoms with Gasteiger partial charge in [-0.3, -0.25) is 0 Å². The van der Waals surface area contributed by atoms with Crippen molar-refractivity contribution in [1.29, 1.82) is 0 Å². The van der Waals surface area contributed by atoms with E-state index in [1.165, 1.54) is 5.57 Å². The lowest BCUT2D eigenvalue weighted by Crippen LogP contribution is -2.33. The van der Waals surface area contributed by atoms with Crippen LogP contribution in [0.15, 0.2) is 62.9 Å². The molecule has 1 atom stereocenters. The average molecular weight is 380 g/mol. The van der Waals surface area contributed by atoms with Crippen LogP contribution in [0.4, 0.5) is 0 Å². The zero-order chi connectivity index (χ0) is 20.1. The summed E-state index contributed by atoms with van der Waals surface area (Å²) >= 11 is 0.